The van der Waals surface area contributed by atoms with E-state index in [1.54, 1.807) is 4.68 Å². The van der Waals surface area contributed by atoms with Crippen molar-refractivity contribution in [2.45, 2.75) is 96.9 Å². The minimum atomic E-state index is -0.481. The highest BCUT2D eigenvalue weighted by Crippen LogP contribution is 2.21. The molecule has 0 saturated heterocycles. The van der Waals surface area contributed by atoms with Gasteiger partial charge in [0, 0.05) is 6.54 Å². The number of carbonyl (C=O) groups excluding carboxylic acids is 1. The molecule has 2 rings (SSSR count). The van der Waals surface area contributed by atoms with Crippen LogP contribution in [0, 0.1) is 0 Å². The summed E-state index contributed by atoms with van der Waals surface area (Å²) in [6, 6.07) is 9.96. The molecule has 6 heteroatoms. The van der Waals surface area contributed by atoms with Crippen LogP contribution < -0.4 is 0 Å². The van der Waals surface area contributed by atoms with Gasteiger partial charge in [-0.1, -0.05) is 95.0 Å². The number of ether oxygens (including phenoxy) is 1. The number of benzene rings is 1. The molecule has 0 aliphatic heterocycles. The molecule has 0 N–H and O–H groups in total. The maximum absolute atomic E-state index is 12.6. The second-order valence-electron chi connectivity index (χ2n) is 7.94. The highest BCUT2D eigenvalue weighted by Gasteiger charge is 2.28. The lowest BCUT2D eigenvalue weighted by atomic mass is 9.98. The van der Waals surface area contributed by atoms with Crippen LogP contribution in [0.1, 0.15) is 95.4 Å². The van der Waals surface area contributed by atoms with E-state index < -0.39 is 5.92 Å². The molecule has 166 valence electrons. The van der Waals surface area contributed by atoms with Crippen molar-refractivity contribution < 1.29 is 9.53 Å². The van der Waals surface area contributed by atoms with Crippen LogP contribution in [-0.4, -0.2) is 32.8 Å². The normalized spacial score (nSPS) is 12.1. The number of unbranched alkanes of at least 4 members (excludes halogenated alkanes) is 9. The molecule has 1 heterocycles. The highest BCUT2D eigenvalue weighted by atomic mass is 16.5. The summed E-state index contributed by atoms with van der Waals surface area (Å²) in [5, 5.41) is 12.2. The predicted octanol–water partition coefficient (Wildman–Crippen LogP) is 5.48. The van der Waals surface area contributed by atoms with Crippen molar-refractivity contribution in [1.82, 2.24) is 20.2 Å². The Hall–Kier alpha value is -2.24. The monoisotopic (exact) mass is 414 g/mol. The highest BCUT2D eigenvalue weighted by molar-refractivity contribution is 5.77. The van der Waals surface area contributed by atoms with Crippen LogP contribution in [-0.2, 0) is 22.5 Å². The molecule has 0 aliphatic carbocycles. The third-order valence-corrected chi connectivity index (χ3v) is 5.45. The van der Waals surface area contributed by atoms with E-state index in [2.05, 4.69) is 22.4 Å². The lowest BCUT2D eigenvalue weighted by molar-refractivity contribution is -0.145. The lowest BCUT2D eigenvalue weighted by Crippen LogP contribution is -2.23. The number of hydrogen-bond acceptors (Lipinski definition) is 5. The molecule has 30 heavy (non-hydrogen) atoms. The molecule has 0 radical (unpaired) electrons. The van der Waals surface area contributed by atoms with Crippen molar-refractivity contribution in [3.63, 3.8) is 0 Å². The Bertz CT molecular complexity index is 702. The molecule has 0 saturated carbocycles. The molecule has 0 fully saturated rings. The summed E-state index contributed by atoms with van der Waals surface area (Å²) in [7, 11) is 0. The van der Waals surface area contributed by atoms with Gasteiger partial charge in [0.05, 0.1) is 6.61 Å². The average molecular weight is 415 g/mol. The fraction of sp³-hybridized carbons (Fsp3) is 0.667. The SMILES string of the molecule is CCCCCCCCCCCCn1nnnc1C(Cc1ccccc1)C(=O)OCC. The lowest BCUT2D eigenvalue weighted by Gasteiger charge is -2.15. The van der Waals surface area contributed by atoms with E-state index in [0.717, 1.165) is 24.9 Å². The van der Waals surface area contributed by atoms with Gasteiger partial charge in [-0.15, -0.1) is 5.10 Å². The Labute approximate surface area is 181 Å². The molecule has 0 amide bonds. The van der Waals surface area contributed by atoms with Crippen LogP contribution in [0.3, 0.4) is 0 Å². The molecular weight excluding hydrogens is 376 g/mol. The van der Waals surface area contributed by atoms with Crippen molar-refractivity contribution in [2.24, 2.45) is 0 Å². The zero-order valence-corrected chi connectivity index (χ0v) is 18.8. The number of tetrazole rings is 1. The molecule has 1 aromatic carbocycles. The fourth-order valence-electron chi connectivity index (χ4n) is 3.74. The van der Waals surface area contributed by atoms with Crippen molar-refractivity contribution in [3.8, 4) is 0 Å². The van der Waals surface area contributed by atoms with Gasteiger partial charge in [-0.25, -0.2) is 4.68 Å². The summed E-state index contributed by atoms with van der Waals surface area (Å²) in [5.41, 5.74) is 1.07. The zero-order valence-electron chi connectivity index (χ0n) is 18.8. The van der Waals surface area contributed by atoms with E-state index >= 15 is 0 Å². The second kappa shape index (κ2) is 14.7. The second-order valence-corrected chi connectivity index (χ2v) is 7.94. The molecule has 0 bridgehead atoms. The van der Waals surface area contributed by atoms with E-state index in [4.69, 9.17) is 4.74 Å². The molecular formula is C24H38N4O2. The first-order chi connectivity index (χ1) is 14.8. The molecule has 1 aromatic heterocycles. The minimum absolute atomic E-state index is 0.263. The first kappa shape index (κ1) is 24.0. The number of esters is 1. The number of nitrogens with zero attached hydrogens (tertiary/aromatic N) is 4. The van der Waals surface area contributed by atoms with E-state index in [1.165, 1.54) is 51.4 Å². The maximum atomic E-state index is 12.6. The van der Waals surface area contributed by atoms with Gasteiger partial charge in [-0.3, -0.25) is 4.79 Å². The van der Waals surface area contributed by atoms with Crippen LogP contribution >= 0.6 is 0 Å². The molecule has 2 aromatic rings. The molecule has 0 aliphatic rings. The predicted molar refractivity (Wildman–Crippen MR) is 119 cm³/mol. The van der Waals surface area contributed by atoms with Crippen LogP contribution in [0.25, 0.3) is 0 Å². The topological polar surface area (TPSA) is 69.9 Å². The van der Waals surface area contributed by atoms with Crippen molar-refractivity contribution >= 4 is 5.97 Å². The van der Waals surface area contributed by atoms with Crippen LogP contribution in [0.5, 0.6) is 0 Å². The summed E-state index contributed by atoms with van der Waals surface area (Å²) in [5.74, 6) is -0.140. The Morgan fingerprint density at radius 1 is 0.933 bits per heavy atom. The zero-order chi connectivity index (χ0) is 21.4. The first-order valence-electron chi connectivity index (χ1n) is 11.7. The summed E-state index contributed by atoms with van der Waals surface area (Å²) in [4.78, 5) is 12.6. The number of aryl methyl sites for hydroxylation is 1. The third-order valence-electron chi connectivity index (χ3n) is 5.45. The van der Waals surface area contributed by atoms with E-state index in [-0.39, 0.29) is 5.97 Å². The van der Waals surface area contributed by atoms with Crippen molar-refractivity contribution in [1.29, 1.82) is 0 Å². The molecule has 1 unspecified atom stereocenters. The van der Waals surface area contributed by atoms with Gasteiger partial charge in [-0.05, 0) is 35.8 Å². The van der Waals surface area contributed by atoms with Gasteiger partial charge >= 0.3 is 5.97 Å². The standard InChI is InChI=1S/C24H38N4O2/c1-3-5-6-7-8-9-10-11-12-16-19-28-23(25-26-27-28)22(24(29)30-4-2)20-21-17-14-13-15-18-21/h13-15,17-18,22H,3-12,16,19-20H2,1-2H3. The van der Waals surface area contributed by atoms with Crippen LogP contribution in [0.15, 0.2) is 30.3 Å². The summed E-state index contributed by atoms with van der Waals surface area (Å²) >= 11 is 0. The van der Waals surface area contributed by atoms with Gasteiger partial charge in [0.15, 0.2) is 5.82 Å². The number of rotatable bonds is 16. The van der Waals surface area contributed by atoms with Gasteiger partial charge in [-0.2, -0.15) is 0 Å². The van der Waals surface area contributed by atoms with Gasteiger partial charge in [0.2, 0.25) is 0 Å². The largest absolute Gasteiger partial charge is 0.465 e. The first-order valence-corrected chi connectivity index (χ1v) is 11.7. The Kier molecular flexibility index (Phi) is 11.8. The van der Waals surface area contributed by atoms with E-state index in [9.17, 15) is 4.79 Å². The van der Waals surface area contributed by atoms with Gasteiger partial charge in [0.25, 0.3) is 0 Å². The third kappa shape index (κ3) is 8.64. The minimum Gasteiger partial charge on any atom is -0.465 e. The van der Waals surface area contributed by atoms with Crippen molar-refractivity contribution in [3.05, 3.63) is 41.7 Å². The van der Waals surface area contributed by atoms with Crippen molar-refractivity contribution in [2.75, 3.05) is 6.61 Å². The summed E-state index contributed by atoms with van der Waals surface area (Å²) < 4.78 is 7.10. The average Bonchev–Trinajstić information content (AvgIpc) is 3.22. The van der Waals surface area contributed by atoms with Crippen LogP contribution in [0.2, 0.25) is 0 Å². The Morgan fingerprint density at radius 2 is 1.57 bits per heavy atom. The Morgan fingerprint density at radius 3 is 2.20 bits per heavy atom. The Balaban J connectivity index is 1.81. The van der Waals surface area contributed by atoms with Gasteiger partial charge in [0.1, 0.15) is 5.92 Å². The quantitative estimate of drug-likeness (QED) is 0.268. The smallest absolute Gasteiger partial charge is 0.317 e. The van der Waals surface area contributed by atoms with Gasteiger partial charge < -0.3 is 4.74 Å². The molecule has 1 atom stereocenters. The fourth-order valence-corrected chi connectivity index (χ4v) is 3.74. The molecule has 0 spiro atoms. The summed E-state index contributed by atoms with van der Waals surface area (Å²) in [6.45, 7) is 5.17. The maximum Gasteiger partial charge on any atom is 0.317 e. The number of aromatic nitrogens is 4. The van der Waals surface area contributed by atoms with E-state index in [0.29, 0.717) is 18.9 Å². The number of hydrogen-bond donors (Lipinski definition) is 0. The summed E-state index contributed by atoms with van der Waals surface area (Å²) in [6.07, 6.45) is 13.4. The van der Waals surface area contributed by atoms with E-state index in [1.807, 2.05) is 37.3 Å². The number of carbonyl (C=O) groups is 1. The molecule has 6 nitrogen and oxygen atoms in total. The van der Waals surface area contributed by atoms with Crippen LogP contribution in [0.4, 0.5) is 0 Å².